The molecule has 6 nitrogen and oxygen atoms in total. The van der Waals surface area contributed by atoms with Gasteiger partial charge in [0.25, 0.3) is 0 Å². The van der Waals surface area contributed by atoms with Crippen LogP contribution >= 0.6 is 34.2 Å². The Morgan fingerprint density at radius 3 is 2.71 bits per heavy atom. The van der Waals surface area contributed by atoms with Gasteiger partial charge in [-0.15, -0.1) is 0 Å². The Bertz CT molecular complexity index is 1390. The summed E-state index contributed by atoms with van der Waals surface area (Å²) in [6.45, 7) is 3.01. The van der Waals surface area contributed by atoms with Gasteiger partial charge >= 0.3 is 0 Å². The molecule has 2 saturated carbocycles. The maximum absolute atomic E-state index is 13.4. The third-order valence-corrected chi connectivity index (χ3v) is 11.0. The predicted octanol–water partition coefficient (Wildman–Crippen LogP) is 7.11. The van der Waals surface area contributed by atoms with Crippen molar-refractivity contribution in [3.63, 3.8) is 0 Å². The lowest BCUT2D eigenvalue weighted by molar-refractivity contribution is 0.0213. The molecule has 4 aliphatic rings. The number of imidazole rings is 1. The number of carbonyl (C=O) groups is 1. The molecule has 41 heavy (non-hydrogen) atoms. The molecule has 4 unspecified atom stereocenters. The van der Waals surface area contributed by atoms with Crippen LogP contribution in [-0.2, 0) is 0 Å². The second-order valence-electron chi connectivity index (χ2n) is 12.0. The molecule has 3 aliphatic carbocycles. The third kappa shape index (κ3) is 5.93. The zero-order valence-corrected chi connectivity index (χ0v) is 26.3. The van der Waals surface area contributed by atoms with Gasteiger partial charge < -0.3 is 9.88 Å². The van der Waals surface area contributed by atoms with Crippen LogP contribution in [0.4, 0.5) is 0 Å². The Morgan fingerprint density at radius 1 is 1.15 bits per heavy atom. The van der Waals surface area contributed by atoms with Crippen molar-refractivity contribution in [2.24, 2.45) is 11.8 Å². The molecule has 1 aromatic carbocycles. The van der Waals surface area contributed by atoms with Gasteiger partial charge in [0.1, 0.15) is 5.82 Å². The Labute approximate surface area is 261 Å². The van der Waals surface area contributed by atoms with Crippen molar-refractivity contribution in [2.75, 3.05) is 24.1 Å². The van der Waals surface area contributed by atoms with Gasteiger partial charge in [0.15, 0.2) is 5.78 Å². The van der Waals surface area contributed by atoms with E-state index in [0.717, 1.165) is 79.4 Å². The molecule has 6 rings (SSSR count). The molecule has 2 aromatic rings. The minimum atomic E-state index is 0.0681. The number of nitrogens with zero attached hydrogens (tertiary/aromatic N) is 4. The standard InChI is InChI=1S/C33H37ClIN5O/c34-29-18-26(32-37-14-15-38-32)5-3-7-30(29)39-16-17-40(33(22-39)19-27(33)20-35)28-6-2-1-4-24(12-13-28)31(41)25-10-8-23(21-36)9-11-25/h5,7-11,14-15,18,24,27-28H,1-4,6,12-13,16-17,19-20,22H2,(H,37,38). The van der Waals surface area contributed by atoms with Gasteiger partial charge in [0.2, 0.25) is 0 Å². The van der Waals surface area contributed by atoms with Crippen LogP contribution in [0.15, 0.2) is 65.6 Å². The fourth-order valence-corrected chi connectivity index (χ4v) is 8.76. The number of nitriles is 1. The summed E-state index contributed by atoms with van der Waals surface area (Å²) in [4.78, 5) is 26.4. The molecule has 2 heterocycles. The number of carbonyl (C=O) groups excluding carboxylic acids is 1. The van der Waals surface area contributed by atoms with Crippen molar-refractivity contribution in [3.8, 4) is 6.07 Å². The Kier molecular flexibility index (Phi) is 8.71. The van der Waals surface area contributed by atoms with E-state index in [0.29, 0.717) is 17.5 Å². The lowest BCUT2D eigenvalue weighted by Gasteiger charge is -2.49. The Morgan fingerprint density at radius 2 is 1.98 bits per heavy atom. The van der Waals surface area contributed by atoms with Crippen molar-refractivity contribution in [1.82, 2.24) is 19.8 Å². The molecule has 1 spiro atoms. The predicted molar refractivity (Wildman–Crippen MR) is 172 cm³/mol. The van der Waals surface area contributed by atoms with E-state index in [1.807, 2.05) is 18.3 Å². The number of benzene rings is 1. The van der Waals surface area contributed by atoms with Gasteiger partial charge in [-0.2, -0.15) is 5.26 Å². The van der Waals surface area contributed by atoms with E-state index in [4.69, 9.17) is 16.9 Å². The lowest BCUT2D eigenvalue weighted by Crippen LogP contribution is -2.59. The summed E-state index contributed by atoms with van der Waals surface area (Å²) >= 11 is 9.53. The van der Waals surface area contributed by atoms with E-state index in [-0.39, 0.29) is 17.2 Å². The zero-order valence-electron chi connectivity index (χ0n) is 23.4. The molecule has 1 aliphatic heterocycles. The fraction of sp³-hybridized carbons (Fsp3) is 0.485. The summed E-state index contributed by atoms with van der Waals surface area (Å²) in [5.74, 6) is 1.86. The van der Waals surface area contributed by atoms with Crippen molar-refractivity contribution in [3.05, 3.63) is 82.6 Å². The number of hydrogen-bond acceptors (Lipinski definition) is 5. The summed E-state index contributed by atoms with van der Waals surface area (Å²) in [5.41, 5.74) is 3.72. The van der Waals surface area contributed by atoms with Crippen LogP contribution in [0.1, 0.15) is 73.1 Å². The highest BCUT2D eigenvalue weighted by Crippen LogP contribution is 2.54. The van der Waals surface area contributed by atoms with E-state index in [1.165, 1.54) is 23.7 Å². The van der Waals surface area contributed by atoms with Crippen LogP contribution in [0.2, 0.25) is 0 Å². The van der Waals surface area contributed by atoms with Gasteiger partial charge in [0.05, 0.1) is 22.4 Å². The highest BCUT2D eigenvalue weighted by molar-refractivity contribution is 14.1. The van der Waals surface area contributed by atoms with Crippen molar-refractivity contribution >= 4 is 45.5 Å². The Hall–Kier alpha value is -2.41. The van der Waals surface area contributed by atoms with Crippen LogP contribution in [-0.4, -0.2) is 61.2 Å². The lowest BCUT2D eigenvalue weighted by atomic mass is 9.83. The SMILES string of the molecule is N#Cc1ccc(C(=O)C2CCCCC(N3CCN(C4=CCC=C(c5ncc[nH]5)C=C4Cl)CC34CC4CI)CC2)cc1. The normalized spacial score (nSPS) is 29.0. The number of H-pyrrole nitrogens is 1. The number of ketones is 1. The summed E-state index contributed by atoms with van der Waals surface area (Å²) < 4.78 is 1.17. The molecule has 0 bridgehead atoms. The maximum Gasteiger partial charge on any atom is 0.165 e. The molecule has 0 radical (unpaired) electrons. The highest BCUT2D eigenvalue weighted by atomic mass is 127. The molecule has 0 amide bonds. The minimum absolute atomic E-state index is 0.0681. The van der Waals surface area contributed by atoms with Crippen LogP contribution in [0.3, 0.4) is 0 Å². The van der Waals surface area contributed by atoms with Crippen molar-refractivity contribution < 1.29 is 4.79 Å². The topological polar surface area (TPSA) is 76.0 Å². The van der Waals surface area contributed by atoms with Crippen LogP contribution in [0, 0.1) is 23.2 Å². The van der Waals surface area contributed by atoms with Crippen molar-refractivity contribution in [1.29, 1.82) is 5.26 Å². The summed E-state index contributed by atoms with van der Waals surface area (Å²) in [6, 6.07) is 9.85. The molecule has 8 heteroatoms. The average Bonchev–Trinajstić information content (AvgIpc) is 3.45. The average molecular weight is 682 g/mol. The van der Waals surface area contributed by atoms with Crippen LogP contribution < -0.4 is 0 Å². The first-order chi connectivity index (χ1) is 20.0. The maximum atomic E-state index is 13.4. The van der Waals surface area contributed by atoms with E-state index in [1.54, 1.807) is 18.3 Å². The molecule has 214 valence electrons. The number of aromatic amines is 1. The molecule has 1 aromatic heterocycles. The van der Waals surface area contributed by atoms with Gasteiger partial charge in [-0.1, -0.05) is 71.3 Å². The third-order valence-electron chi connectivity index (χ3n) is 9.62. The van der Waals surface area contributed by atoms with E-state index in [2.05, 4.69) is 66.7 Å². The van der Waals surface area contributed by atoms with Gasteiger partial charge in [-0.05, 0) is 62.7 Å². The molecule has 4 atom stereocenters. The molecule has 1 N–H and O–H groups in total. The highest BCUT2D eigenvalue weighted by Gasteiger charge is 2.61. The molecule has 3 fully saturated rings. The number of halogens is 2. The largest absolute Gasteiger partial charge is 0.367 e. The number of piperazine rings is 1. The van der Waals surface area contributed by atoms with Crippen LogP contribution in [0.5, 0.6) is 0 Å². The fourth-order valence-electron chi connectivity index (χ4n) is 7.32. The smallest absolute Gasteiger partial charge is 0.165 e. The minimum Gasteiger partial charge on any atom is -0.367 e. The van der Waals surface area contributed by atoms with Gasteiger partial charge in [-0.3, -0.25) is 9.69 Å². The van der Waals surface area contributed by atoms with Crippen LogP contribution in [0.25, 0.3) is 5.57 Å². The molecular formula is C33H37ClIN5O. The summed E-state index contributed by atoms with van der Waals surface area (Å²) in [5, 5.41) is 9.91. The first kappa shape index (κ1) is 28.7. The number of hydrogen-bond donors (Lipinski definition) is 1. The number of rotatable bonds is 6. The Balaban J connectivity index is 1.15. The molecular weight excluding hydrogens is 645 g/mol. The summed E-state index contributed by atoms with van der Waals surface area (Å²) in [7, 11) is 0. The number of aromatic nitrogens is 2. The first-order valence-electron chi connectivity index (χ1n) is 14.9. The number of alkyl halides is 1. The van der Waals surface area contributed by atoms with E-state index >= 15 is 0 Å². The first-order valence-corrected chi connectivity index (χ1v) is 16.8. The van der Waals surface area contributed by atoms with Gasteiger partial charge in [0, 0.05) is 65.1 Å². The second kappa shape index (κ2) is 12.4. The monoisotopic (exact) mass is 681 g/mol. The van der Waals surface area contributed by atoms with Crippen molar-refractivity contribution in [2.45, 2.75) is 62.9 Å². The summed E-state index contributed by atoms with van der Waals surface area (Å²) in [6.07, 6.45) is 18.7. The quantitative estimate of drug-likeness (QED) is 0.200. The second-order valence-corrected chi connectivity index (χ2v) is 13.2. The number of Topliss-reactive ketones (excluding diaryl/α,β-unsaturated/α-hetero) is 1. The molecule has 1 saturated heterocycles. The zero-order chi connectivity index (χ0) is 28.4. The van der Waals surface area contributed by atoms with E-state index < -0.39 is 0 Å². The van der Waals surface area contributed by atoms with E-state index in [9.17, 15) is 4.79 Å². The number of allylic oxidation sites excluding steroid dienone is 5. The number of nitrogens with one attached hydrogen (secondary N) is 1. The van der Waals surface area contributed by atoms with Gasteiger partial charge in [-0.25, -0.2) is 4.98 Å².